The van der Waals surface area contributed by atoms with E-state index in [0.29, 0.717) is 32.4 Å². The minimum absolute atomic E-state index is 0.00237. The first-order valence-corrected chi connectivity index (χ1v) is 11.0. The quantitative estimate of drug-likeness (QED) is 0.802. The van der Waals surface area contributed by atoms with Crippen LogP contribution in [0.2, 0.25) is 0 Å². The highest BCUT2D eigenvalue weighted by Gasteiger charge is 2.47. The first-order valence-electron chi connectivity index (χ1n) is 11.0. The Labute approximate surface area is 183 Å². The average Bonchev–Trinajstić information content (AvgIpc) is 2.98. The van der Waals surface area contributed by atoms with Crippen LogP contribution < -0.4 is 10.6 Å². The lowest BCUT2D eigenvalue weighted by Crippen LogP contribution is -2.52. The first-order chi connectivity index (χ1) is 14.8. The number of fused-ring (bicyclic) bond motifs is 1. The zero-order chi connectivity index (χ0) is 22.2. The maximum absolute atomic E-state index is 13.8. The molecule has 0 bridgehead atoms. The third-order valence-corrected chi connectivity index (χ3v) is 6.69. The first kappa shape index (κ1) is 21.5. The molecule has 0 radical (unpaired) electrons. The van der Waals surface area contributed by atoms with Gasteiger partial charge < -0.3 is 15.5 Å². The number of carbonyl (C=O) groups is 2. The summed E-state index contributed by atoms with van der Waals surface area (Å²) in [6.45, 7) is 4.84. The maximum Gasteiger partial charge on any atom is 0.239 e. The Morgan fingerprint density at radius 3 is 2.52 bits per heavy atom. The van der Waals surface area contributed by atoms with Gasteiger partial charge in [0.15, 0.2) is 0 Å². The molecular formula is C25H30FN3O2. The van der Waals surface area contributed by atoms with E-state index in [0.717, 1.165) is 17.7 Å². The monoisotopic (exact) mass is 423 g/mol. The van der Waals surface area contributed by atoms with Gasteiger partial charge >= 0.3 is 0 Å². The number of carbonyl (C=O) groups excluding carboxylic acids is 2. The number of anilines is 1. The number of hydrogen-bond acceptors (Lipinski definition) is 3. The number of hydrogen-bond donors (Lipinski definition) is 1. The van der Waals surface area contributed by atoms with Crippen molar-refractivity contribution in [1.82, 2.24) is 4.90 Å². The van der Waals surface area contributed by atoms with Crippen LogP contribution in [0.5, 0.6) is 0 Å². The summed E-state index contributed by atoms with van der Waals surface area (Å²) in [5, 5.41) is 0. The van der Waals surface area contributed by atoms with Crippen LogP contribution in [-0.4, -0.2) is 41.9 Å². The lowest BCUT2D eigenvalue weighted by atomic mass is 9.86. The minimum Gasteiger partial charge on any atom is -0.341 e. The second-order valence-corrected chi connectivity index (χ2v) is 9.15. The fraction of sp³-hybridized carbons (Fsp3) is 0.440. The Kier molecular flexibility index (Phi) is 5.84. The number of aryl methyl sites for hydroxylation is 1. The summed E-state index contributed by atoms with van der Waals surface area (Å²) in [7, 11) is 0. The smallest absolute Gasteiger partial charge is 0.239 e. The van der Waals surface area contributed by atoms with Gasteiger partial charge in [-0.25, -0.2) is 4.39 Å². The predicted molar refractivity (Wildman–Crippen MR) is 119 cm³/mol. The number of nitrogens with two attached hydrogens (primary N) is 1. The molecule has 2 N–H and O–H groups in total. The summed E-state index contributed by atoms with van der Waals surface area (Å²) >= 11 is 0. The number of likely N-dealkylation sites (tertiary alicyclic amines) is 1. The largest absolute Gasteiger partial charge is 0.341 e. The molecule has 1 fully saturated rings. The van der Waals surface area contributed by atoms with Crippen LogP contribution in [-0.2, 0) is 21.4 Å². The maximum atomic E-state index is 13.8. The van der Waals surface area contributed by atoms with Crippen LogP contribution in [0.15, 0.2) is 48.5 Å². The van der Waals surface area contributed by atoms with E-state index < -0.39 is 11.5 Å². The second kappa shape index (κ2) is 8.42. The number of amides is 2. The highest BCUT2D eigenvalue weighted by molar-refractivity contribution is 6.08. The van der Waals surface area contributed by atoms with Crippen molar-refractivity contribution in [2.24, 2.45) is 5.73 Å². The lowest BCUT2D eigenvalue weighted by molar-refractivity contribution is -0.133. The van der Waals surface area contributed by atoms with Gasteiger partial charge in [-0.05, 0) is 68.9 Å². The third-order valence-electron chi connectivity index (χ3n) is 6.69. The summed E-state index contributed by atoms with van der Waals surface area (Å²) in [5.41, 5.74) is 8.15. The third kappa shape index (κ3) is 4.09. The Morgan fingerprint density at radius 2 is 1.84 bits per heavy atom. The van der Waals surface area contributed by atoms with Crippen molar-refractivity contribution in [2.45, 2.75) is 57.0 Å². The van der Waals surface area contributed by atoms with Gasteiger partial charge in [-0.3, -0.25) is 9.59 Å². The van der Waals surface area contributed by atoms with Crippen molar-refractivity contribution >= 4 is 17.5 Å². The van der Waals surface area contributed by atoms with E-state index in [9.17, 15) is 14.0 Å². The van der Waals surface area contributed by atoms with Crippen LogP contribution in [0.3, 0.4) is 0 Å². The Bertz CT molecular complexity index is 968. The number of halogens is 1. The molecule has 1 saturated heterocycles. The van der Waals surface area contributed by atoms with Gasteiger partial charge in [0.2, 0.25) is 11.8 Å². The molecule has 2 amide bonds. The van der Waals surface area contributed by atoms with E-state index >= 15 is 0 Å². The zero-order valence-electron chi connectivity index (χ0n) is 18.2. The van der Waals surface area contributed by atoms with Gasteiger partial charge in [-0.1, -0.05) is 30.3 Å². The van der Waals surface area contributed by atoms with Crippen molar-refractivity contribution in [3.63, 3.8) is 0 Å². The van der Waals surface area contributed by atoms with E-state index in [4.69, 9.17) is 5.73 Å². The van der Waals surface area contributed by atoms with Crippen molar-refractivity contribution < 1.29 is 14.0 Å². The number of benzene rings is 2. The van der Waals surface area contributed by atoms with Gasteiger partial charge in [0.05, 0.1) is 11.5 Å². The van der Waals surface area contributed by atoms with Crippen molar-refractivity contribution in [1.29, 1.82) is 0 Å². The van der Waals surface area contributed by atoms with Crippen LogP contribution in [0.1, 0.15) is 44.2 Å². The minimum atomic E-state index is -0.746. The SMILES string of the molecule is CC1(C)C(=O)N(C2CCN(C(=O)[C@@H](N)CCc3ccccc3)CC2)c2ccc(F)cc21. The van der Waals surface area contributed by atoms with Crippen molar-refractivity contribution in [3.05, 3.63) is 65.5 Å². The predicted octanol–water partition coefficient (Wildman–Crippen LogP) is 3.40. The Hall–Kier alpha value is -2.73. The van der Waals surface area contributed by atoms with E-state index in [2.05, 4.69) is 0 Å². The van der Waals surface area contributed by atoms with Gasteiger partial charge in [0.1, 0.15) is 5.82 Å². The van der Waals surface area contributed by atoms with E-state index in [-0.39, 0.29) is 23.7 Å². The molecule has 5 nitrogen and oxygen atoms in total. The summed E-state index contributed by atoms with van der Waals surface area (Å²) in [4.78, 5) is 29.6. The van der Waals surface area contributed by atoms with Gasteiger partial charge in [-0.15, -0.1) is 0 Å². The fourth-order valence-corrected chi connectivity index (χ4v) is 4.78. The van der Waals surface area contributed by atoms with Gasteiger partial charge in [0, 0.05) is 24.8 Å². The molecule has 2 aliphatic rings. The number of nitrogens with zero attached hydrogens (tertiary/aromatic N) is 2. The molecule has 0 aromatic heterocycles. The molecule has 0 saturated carbocycles. The summed E-state index contributed by atoms with van der Waals surface area (Å²) in [6, 6.07) is 14.1. The highest BCUT2D eigenvalue weighted by Crippen LogP contribution is 2.44. The van der Waals surface area contributed by atoms with Crippen LogP contribution in [0, 0.1) is 5.82 Å². The molecule has 4 rings (SSSR count). The fourth-order valence-electron chi connectivity index (χ4n) is 4.78. The molecule has 2 aliphatic heterocycles. The van der Waals surface area contributed by atoms with Crippen LogP contribution in [0.25, 0.3) is 0 Å². The Balaban J connectivity index is 1.38. The lowest BCUT2D eigenvalue weighted by Gasteiger charge is -2.38. The summed E-state index contributed by atoms with van der Waals surface area (Å²) in [6.07, 6.45) is 2.76. The van der Waals surface area contributed by atoms with E-state index in [1.807, 2.05) is 54.0 Å². The van der Waals surface area contributed by atoms with E-state index in [1.54, 1.807) is 6.07 Å². The molecule has 31 heavy (non-hydrogen) atoms. The average molecular weight is 424 g/mol. The summed E-state index contributed by atoms with van der Waals surface area (Å²) in [5.74, 6) is -0.353. The highest BCUT2D eigenvalue weighted by atomic mass is 19.1. The van der Waals surface area contributed by atoms with Crippen LogP contribution in [0.4, 0.5) is 10.1 Å². The molecule has 2 heterocycles. The zero-order valence-corrected chi connectivity index (χ0v) is 18.2. The molecule has 6 heteroatoms. The molecule has 164 valence electrons. The van der Waals surface area contributed by atoms with Gasteiger partial charge in [-0.2, -0.15) is 0 Å². The van der Waals surface area contributed by atoms with Crippen LogP contribution >= 0.6 is 0 Å². The molecule has 0 spiro atoms. The Morgan fingerprint density at radius 1 is 1.16 bits per heavy atom. The molecule has 0 aliphatic carbocycles. The second-order valence-electron chi connectivity index (χ2n) is 9.15. The van der Waals surface area contributed by atoms with Crippen molar-refractivity contribution in [3.8, 4) is 0 Å². The summed E-state index contributed by atoms with van der Waals surface area (Å²) < 4.78 is 13.8. The molecule has 2 aromatic rings. The standard InChI is InChI=1S/C25H30FN3O2/c1-25(2)20-16-18(26)9-11-22(20)29(24(25)31)19-12-14-28(15-13-19)23(30)21(27)10-8-17-6-4-3-5-7-17/h3-7,9,11,16,19,21H,8,10,12-15,27H2,1-2H3/t21-/m0/s1. The normalized spacial score (nSPS) is 19.4. The van der Waals surface area contributed by atoms with Crippen molar-refractivity contribution in [2.75, 3.05) is 18.0 Å². The molecule has 1 atom stereocenters. The van der Waals surface area contributed by atoms with E-state index in [1.165, 1.54) is 17.7 Å². The van der Waals surface area contributed by atoms with Gasteiger partial charge in [0.25, 0.3) is 0 Å². The molecular weight excluding hydrogens is 393 g/mol. The molecule has 2 aromatic carbocycles. The number of piperidine rings is 1. The molecule has 0 unspecified atom stereocenters. The topological polar surface area (TPSA) is 66.6 Å². The number of rotatable bonds is 5.